The summed E-state index contributed by atoms with van der Waals surface area (Å²) in [6.07, 6.45) is -1.53. The van der Waals surface area contributed by atoms with Gasteiger partial charge in [-0.15, -0.1) is 0 Å². The van der Waals surface area contributed by atoms with Crippen molar-refractivity contribution in [2.45, 2.75) is 49.9 Å². The molecular weight excluding hydrogens is 697 g/mol. The number of rotatable bonds is 20. The Morgan fingerprint density at radius 3 is 2.55 bits per heavy atom. The molecule has 3 unspecified atom stereocenters. The smallest absolute Gasteiger partial charge is 0.394 e. The molecule has 254 valence electrons. The van der Waals surface area contributed by atoms with E-state index in [9.17, 15) is 33.1 Å². The van der Waals surface area contributed by atoms with E-state index in [-0.39, 0.29) is 50.3 Å². The number of nitrogens with one attached hydrogen (secondary N) is 1. The van der Waals surface area contributed by atoms with Crippen LogP contribution in [-0.2, 0) is 45.8 Å². The third kappa shape index (κ3) is 15.1. The number of carbonyl (C=O) groups is 1. The van der Waals surface area contributed by atoms with Gasteiger partial charge in [-0.25, -0.2) is 18.5 Å². The number of hydrogen-bond acceptors (Lipinski definition) is 16. The van der Waals surface area contributed by atoms with E-state index >= 15 is 0 Å². The van der Waals surface area contributed by atoms with Crippen LogP contribution in [0.4, 0.5) is 5.82 Å². The number of phosphoric ester groups is 1. The Bertz CT molecular complexity index is 1300. The Hall–Kier alpha value is -0.900. The van der Waals surface area contributed by atoms with Crippen LogP contribution in [0.3, 0.4) is 0 Å². The minimum absolute atomic E-state index is 0.0267. The fraction of sp³-hybridized carbons (Fsp3) is 0.737. The maximum absolute atomic E-state index is 12.3. The third-order valence-electron chi connectivity index (χ3n) is 5.20. The Kier molecular flexibility index (Phi) is 15.5. The molecule has 1 amide bonds. The van der Waals surface area contributed by atoms with Crippen LogP contribution in [-0.4, -0.2) is 96.0 Å². The molecule has 0 saturated carbocycles. The van der Waals surface area contributed by atoms with Gasteiger partial charge in [-0.1, -0.05) is 21.6 Å². The molecule has 1 aromatic heterocycles. The van der Waals surface area contributed by atoms with E-state index < -0.39 is 58.9 Å². The maximum atomic E-state index is 12.3. The molecule has 2 heterocycles. The topological polar surface area (TPSA) is 298 Å². The van der Waals surface area contributed by atoms with Crippen LogP contribution in [0.25, 0.3) is 0 Å². The molecule has 8 N–H and O–H groups in total. The van der Waals surface area contributed by atoms with E-state index in [4.69, 9.17) is 39.4 Å². The Labute approximate surface area is 259 Å². The van der Waals surface area contributed by atoms with Gasteiger partial charge < -0.3 is 49.9 Å². The van der Waals surface area contributed by atoms with Gasteiger partial charge >= 0.3 is 29.2 Å². The van der Waals surface area contributed by atoms with Crippen LogP contribution < -0.4 is 16.7 Å². The number of hydrogen-bond donors (Lipinski definition) is 7. The van der Waals surface area contributed by atoms with Crippen molar-refractivity contribution < 1.29 is 70.5 Å². The Morgan fingerprint density at radius 1 is 1.20 bits per heavy atom. The number of aromatic nitrogens is 2. The second-order valence-electron chi connectivity index (χ2n) is 9.44. The van der Waals surface area contributed by atoms with Gasteiger partial charge in [0.2, 0.25) is 5.91 Å². The minimum atomic E-state index is -5.73. The first-order valence-electron chi connectivity index (χ1n) is 12.5. The predicted octanol–water partition coefficient (Wildman–Crippen LogP) is 0.474. The quantitative estimate of drug-likeness (QED) is 0.0415. The van der Waals surface area contributed by atoms with Gasteiger partial charge in [-0.05, 0) is 19.9 Å². The summed E-state index contributed by atoms with van der Waals surface area (Å²) in [5.41, 5.74) is 4.77. The first kappa shape index (κ1) is 39.3. The number of aliphatic hydroxyl groups is 1. The number of aliphatic hydroxyl groups excluding tert-OH is 1. The lowest BCUT2D eigenvalue weighted by Crippen LogP contribution is -2.36. The van der Waals surface area contributed by atoms with Crippen LogP contribution >= 0.6 is 45.1 Å². The highest BCUT2D eigenvalue weighted by atomic mass is 33.1. The zero-order valence-electron chi connectivity index (χ0n) is 23.4. The van der Waals surface area contributed by atoms with Gasteiger partial charge in [0.25, 0.3) is 0 Å². The lowest BCUT2D eigenvalue weighted by atomic mass is 10.2. The van der Waals surface area contributed by atoms with Gasteiger partial charge in [-0.3, -0.25) is 13.9 Å². The summed E-state index contributed by atoms with van der Waals surface area (Å²) in [6, 6.07) is 1.34. The van der Waals surface area contributed by atoms with Crippen LogP contribution in [0.15, 0.2) is 17.1 Å². The normalized spacial score (nSPS) is 21.9. The molecular formula is C19H35N4O16P3S2. The van der Waals surface area contributed by atoms with E-state index in [0.29, 0.717) is 6.54 Å². The van der Waals surface area contributed by atoms with Crippen molar-refractivity contribution in [1.82, 2.24) is 14.9 Å². The fourth-order valence-corrected chi connectivity index (χ4v) is 8.58. The molecule has 0 aliphatic carbocycles. The number of amides is 1. The molecule has 1 aliphatic rings. The molecule has 20 nitrogen and oxygen atoms in total. The van der Waals surface area contributed by atoms with E-state index in [2.05, 4.69) is 18.9 Å². The second kappa shape index (κ2) is 17.3. The van der Waals surface area contributed by atoms with Crippen molar-refractivity contribution in [3.8, 4) is 0 Å². The van der Waals surface area contributed by atoms with Crippen molar-refractivity contribution in [3.63, 3.8) is 0 Å². The number of carbonyl (C=O) groups excluding carboxylic acids is 1. The number of nitrogens with two attached hydrogens (primary N) is 1. The van der Waals surface area contributed by atoms with E-state index in [1.54, 1.807) is 0 Å². The Morgan fingerprint density at radius 2 is 1.91 bits per heavy atom. The molecule has 1 aromatic rings. The standard InChI is InChI=1S/C19H35N4O16P3S2/c1-19(2,11-21-16(25)4-7-34-8-6-24)44-43-12-35-13-9-17(23-5-3-15(20)22-18(23)26)37-14(13)10-36-41(30,31)39-42(32,33)38-40(27,28)29/h3,5,13-14,17,24H,4,6-12H2,1-2H3,(H,21,25)(H,30,31)(H,32,33)(H2,20,22,26)(H2,27,28,29)/t13-,14?,17-/m1/s1. The molecule has 44 heavy (non-hydrogen) atoms. The van der Waals surface area contributed by atoms with E-state index in [1.807, 2.05) is 13.8 Å². The zero-order valence-corrected chi connectivity index (χ0v) is 27.7. The van der Waals surface area contributed by atoms with E-state index in [0.717, 1.165) is 4.57 Å². The van der Waals surface area contributed by atoms with Crippen LogP contribution in [0, 0.1) is 0 Å². The molecule has 0 aromatic carbocycles. The zero-order chi connectivity index (χ0) is 33.2. The molecule has 0 radical (unpaired) electrons. The van der Waals surface area contributed by atoms with Gasteiger partial charge in [-0.2, -0.15) is 13.6 Å². The van der Waals surface area contributed by atoms with Gasteiger partial charge in [0, 0.05) is 30.3 Å². The first-order chi connectivity index (χ1) is 20.3. The SMILES string of the molecule is CC(C)(CNC(=O)CCOCCO)SSCO[C@@H]1C[C@H](n2ccc(N)nc2=O)OC1COP(=O)(O)OP(=O)(O)OP(=O)(O)O. The first-order valence-corrected chi connectivity index (χ1v) is 19.3. The lowest BCUT2D eigenvalue weighted by Gasteiger charge is -2.24. The predicted molar refractivity (Wildman–Crippen MR) is 156 cm³/mol. The number of ether oxygens (including phenoxy) is 3. The molecule has 0 bridgehead atoms. The highest BCUT2D eigenvalue weighted by Crippen LogP contribution is 2.66. The van der Waals surface area contributed by atoms with Gasteiger partial charge in [0.1, 0.15) is 24.1 Å². The third-order valence-corrected chi connectivity index (χ3v) is 11.9. The average Bonchev–Trinajstić information content (AvgIpc) is 3.27. The fourth-order valence-electron chi connectivity index (χ4n) is 3.37. The van der Waals surface area contributed by atoms with Crippen molar-refractivity contribution in [1.29, 1.82) is 0 Å². The van der Waals surface area contributed by atoms with Gasteiger partial charge in [0.05, 0.1) is 32.5 Å². The van der Waals surface area contributed by atoms with Crippen molar-refractivity contribution >= 4 is 56.8 Å². The number of anilines is 1. The molecule has 0 spiro atoms. The molecule has 5 atom stereocenters. The van der Waals surface area contributed by atoms with Crippen LogP contribution in [0.2, 0.25) is 0 Å². The summed E-state index contributed by atoms with van der Waals surface area (Å²) in [5, 5.41) is 11.5. The lowest BCUT2D eigenvalue weighted by molar-refractivity contribution is -0.122. The van der Waals surface area contributed by atoms with Crippen molar-refractivity contribution in [2.24, 2.45) is 0 Å². The van der Waals surface area contributed by atoms with Crippen LogP contribution in [0.5, 0.6) is 0 Å². The highest BCUT2D eigenvalue weighted by Gasteiger charge is 2.43. The van der Waals surface area contributed by atoms with Crippen molar-refractivity contribution in [2.75, 3.05) is 44.6 Å². The number of nitrogen functional groups attached to an aromatic ring is 1. The maximum Gasteiger partial charge on any atom is 0.490 e. The van der Waals surface area contributed by atoms with Crippen molar-refractivity contribution in [3.05, 3.63) is 22.7 Å². The molecule has 1 saturated heterocycles. The summed E-state index contributed by atoms with van der Waals surface area (Å²) in [4.78, 5) is 64.5. The summed E-state index contributed by atoms with van der Waals surface area (Å²) < 4.78 is 64.1. The highest BCUT2D eigenvalue weighted by molar-refractivity contribution is 8.77. The largest absolute Gasteiger partial charge is 0.490 e. The van der Waals surface area contributed by atoms with E-state index in [1.165, 1.54) is 33.9 Å². The molecule has 25 heteroatoms. The number of phosphoric acid groups is 3. The second-order valence-corrected chi connectivity index (χ2v) is 16.8. The summed E-state index contributed by atoms with van der Waals surface area (Å²) in [6.45, 7) is 3.47. The van der Waals surface area contributed by atoms with Gasteiger partial charge in [0.15, 0.2) is 0 Å². The molecule has 1 fully saturated rings. The molecule has 1 aliphatic heterocycles. The minimum Gasteiger partial charge on any atom is -0.394 e. The summed E-state index contributed by atoms with van der Waals surface area (Å²) >= 11 is 0. The Balaban J connectivity index is 1.98. The summed E-state index contributed by atoms with van der Waals surface area (Å²) in [7, 11) is -14.1. The number of nitrogens with zero attached hydrogens (tertiary/aromatic N) is 2. The van der Waals surface area contributed by atoms with Crippen LogP contribution in [0.1, 0.15) is 32.9 Å². The average molecular weight is 733 g/mol. The monoisotopic (exact) mass is 732 g/mol. The molecule has 2 rings (SSSR count). The summed E-state index contributed by atoms with van der Waals surface area (Å²) in [5.74, 6) is -0.222.